The maximum Gasteiger partial charge on any atom is 0.272 e. The lowest BCUT2D eigenvalue weighted by Gasteiger charge is -2.08. The number of aromatic nitrogens is 2. The summed E-state index contributed by atoms with van der Waals surface area (Å²) >= 11 is 6.01. The van der Waals surface area contributed by atoms with Gasteiger partial charge in [-0.2, -0.15) is 5.10 Å². The first kappa shape index (κ1) is 18.2. The maximum absolute atomic E-state index is 12.3. The van der Waals surface area contributed by atoms with Crippen LogP contribution in [0, 0.1) is 6.92 Å². The van der Waals surface area contributed by atoms with Gasteiger partial charge in [0, 0.05) is 17.8 Å². The fourth-order valence-corrected chi connectivity index (χ4v) is 2.84. The summed E-state index contributed by atoms with van der Waals surface area (Å²) in [5, 5.41) is 7.77. The number of amides is 1. The Balaban J connectivity index is 1.31. The summed E-state index contributed by atoms with van der Waals surface area (Å²) in [5.74, 6) is 1.82. The first-order chi connectivity index (χ1) is 13.6. The molecular weight excluding hydrogens is 382 g/mol. The van der Waals surface area contributed by atoms with Crippen molar-refractivity contribution in [1.82, 2.24) is 15.1 Å². The minimum atomic E-state index is -0.265. The summed E-state index contributed by atoms with van der Waals surface area (Å²) in [7, 11) is 0. The molecule has 0 spiro atoms. The summed E-state index contributed by atoms with van der Waals surface area (Å²) < 4.78 is 17.8. The van der Waals surface area contributed by atoms with E-state index in [2.05, 4.69) is 10.4 Å². The van der Waals surface area contributed by atoms with Crippen molar-refractivity contribution in [2.24, 2.45) is 0 Å². The second-order valence-electron chi connectivity index (χ2n) is 6.30. The molecule has 1 aliphatic rings. The Labute approximate surface area is 166 Å². The molecule has 0 aliphatic carbocycles. The van der Waals surface area contributed by atoms with Crippen molar-refractivity contribution in [3.05, 3.63) is 70.5 Å². The summed E-state index contributed by atoms with van der Waals surface area (Å²) in [6.45, 7) is 2.69. The third kappa shape index (κ3) is 4.04. The van der Waals surface area contributed by atoms with Crippen LogP contribution in [0.2, 0.25) is 5.02 Å². The van der Waals surface area contributed by atoms with Crippen molar-refractivity contribution in [3.8, 4) is 17.2 Å². The maximum atomic E-state index is 12.3. The molecule has 0 saturated carbocycles. The molecule has 7 nitrogen and oxygen atoms in total. The van der Waals surface area contributed by atoms with Gasteiger partial charge in [0.25, 0.3) is 5.91 Å². The average Bonchev–Trinajstić information content (AvgIpc) is 3.36. The molecular formula is C20H18ClN3O4. The standard InChI is InChI=1S/C20H18ClN3O4/c1-13-8-15(3-4-16(13)21)26-11-24-7-6-17(23-24)20(25)22-10-14-2-5-18-19(9-14)28-12-27-18/h2-9H,10-12H2,1H3,(H,22,25). The van der Waals surface area contributed by atoms with Crippen LogP contribution in [-0.2, 0) is 13.3 Å². The number of benzene rings is 2. The molecule has 28 heavy (non-hydrogen) atoms. The molecule has 0 saturated heterocycles. The molecule has 1 aliphatic heterocycles. The van der Waals surface area contributed by atoms with Crippen molar-refractivity contribution >= 4 is 17.5 Å². The zero-order valence-electron chi connectivity index (χ0n) is 15.1. The first-order valence-electron chi connectivity index (χ1n) is 8.67. The van der Waals surface area contributed by atoms with Gasteiger partial charge in [-0.15, -0.1) is 0 Å². The van der Waals surface area contributed by atoms with Gasteiger partial charge in [-0.25, -0.2) is 4.68 Å². The van der Waals surface area contributed by atoms with Crippen LogP contribution in [0.4, 0.5) is 0 Å². The van der Waals surface area contributed by atoms with E-state index in [4.69, 9.17) is 25.8 Å². The molecule has 0 radical (unpaired) electrons. The number of halogens is 1. The number of fused-ring (bicyclic) bond motifs is 1. The van der Waals surface area contributed by atoms with E-state index in [1.165, 1.54) is 0 Å². The second-order valence-corrected chi connectivity index (χ2v) is 6.70. The Morgan fingerprint density at radius 1 is 1.21 bits per heavy atom. The van der Waals surface area contributed by atoms with Crippen molar-refractivity contribution in [3.63, 3.8) is 0 Å². The number of nitrogens with zero attached hydrogens (tertiary/aromatic N) is 2. The van der Waals surface area contributed by atoms with Gasteiger partial charge >= 0.3 is 0 Å². The van der Waals surface area contributed by atoms with Crippen LogP contribution in [0.25, 0.3) is 0 Å². The zero-order chi connectivity index (χ0) is 19.5. The van der Waals surface area contributed by atoms with E-state index in [0.29, 0.717) is 34.5 Å². The predicted molar refractivity (Wildman–Crippen MR) is 103 cm³/mol. The topological polar surface area (TPSA) is 74.6 Å². The molecule has 0 bridgehead atoms. The molecule has 1 amide bonds. The number of ether oxygens (including phenoxy) is 3. The summed E-state index contributed by atoms with van der Waals surface area (Å²) in [6, 6.07) is 12.6. The molecule has 144 valence electrons. The first-order valence-corrected chi connectivity index (χ1v) is 9.05. The van der Waals surface area contributed by atoms with Gasteiger partial charge in [-0.3, -0.25) is 4.79 Å². The average molecular weight is 400 g/mol. The number of nitrogens with one attached hydrogen (secondary N) is 1. The lowest BCUT2D eigenvalue weighted by atomic mass is 10.2. The Bertz CT molecular complexity index is 1020. The monoisotopic (exact) mass is 399 g/mol. The van der Waals surface area contributed by atoms with Crippen molar-refractivity contribution in [2.45, 2.75) is 20.2 Å². The fraction of sp³-hybridized carbons (Fsp3) is 0.200. The minimum Gasteiger partial charge on any atom is -0.471 e. The highest BCUT2D eigenvalue weighted by atomic mass is 35.5. The van der Waals surface area contributed by atoms with Crippen molar-refractivity contribution in [1.29, 1.82) is 0 Å². The largest absolute Gasteiger partial charge is 0.471 e. The number of aryl methyl sites for hydroxylation is 1. The molecule has 0 fully saturated rings. The summed E-state index contributed by atoms with van der Waals surface area (Å²) in [5.41, 5.74) is 2.17. The van der Waals surface area contributed by atoms with Gasteiger partial charge in [-0.05, 0) is 54.4 Å². The highest BCUT2D eigenvalue weighted by Crippen LogP contribution is 2.32. The Morgan fingerprint density at radius 3 is 2.93 bits per heavy atom. The number of rotatable bonds is 6. The quantitative estimate of drug-likeness (QED) is 0.686. The van der Waals surface area contributed by atoms with Gasteiger partial charge in [0.15, 0.2) is 18.2 Å². The molecule has 0 unspecified atom stereocenters. The Hall–Kier alpha value is -3.19. The van der Waals surface area contributed by atoms with E-state index in [0.717, 1.165) is 11.1 Å². The zero-order valence-corrected chi connectivity index (χ0v) is 15.9. The molecule has 0 atom stereocenters. The van der Waals surface area contributed by atoms with Gasteiger partial charge in [0.2, 0.25) is 6.79 Å². The third-order valence-corrected chi connectivity index (χ3v) is 4.68. The lowest BCUT2D eigenvalue weighted by Crippen LogP contribution is -2.23. The summed E-state index contributed by atoms with van der Waals surface area (Å²) in [4.78, 5) is 12.3. The van der Waals surface area contributed by atoms with E-state index in [9.17, 15) is 4.79 Å². The third-order valence-electron chi connectivity index (χ3n) is 4.26. The highest BCUT2D eigenvalue weighted by Gasteiger charge is 2.14. The lowest BCUT2D eigenvalue weighted by molar-refractivity contribution is 0.0943. The van der Waals surface area contributed by atoms with E-state index < -0.39 is 0 Å². The predicted octanol–water partition coefficient (Wildman–Crippen LogP) is 3.54. The van der Waals surface area contributed by atoms with Crippen LogP contribution in [0.5, 0.6) is 17.2 Å². The number of hydrogen-bond acceptors (Lipinski definition) is 5. The van der Waals surface area contributed by atoms with Crippen molar-refractivity contribution < 1.29 is 19.0 Å². The second kappa shape index (κ2) is 7.82. The van der Waals surface area contributed by atoms with Crippen LogP contribution in [0.3, 0.4) is 0 Å². The summed E-state index contributed by atoms with van der Waals surface area (Å²) in [6.07, 6.45) is 1.69. The number of hydrogen-bond donors (Lipinski definition) is 1. The SMILES string of the molecule is Cc1cc(OCn2ccc(C(=O)NCc3ccc4c(c3)OCO4)n2)ccc1Cl. The molecule has 4 rings (SSSR count). The van der Waals surface area contributed by atoms with E-state index in [1.54, 1.807) is 29.1 Å². The van der Waals surface area contributed by atoms with Gasteiger partial charge < -0.3 is 19.5 Å². The van der Waals surface area contributed by atoms with E-state index in [-0.39, 0.29) is 19.4 Å². The fourth-order valence-electron chi connectivity index (χ4n) is 2.73. The van der Waals surface area contributed by atoms with Crippen molar-refractivity contribution in [2.75, 3.05) is 6.79 Å². The Kier molecular flexibility index (Phi) is 5.08. The minimum absolute atomic E-state index is 0.191. The number of carbonyl (C=O) groups is 1. The Morgan fingerprint density at radius 2 is 2.07 bits per heavy atom. The normalized spacial score (nSPS) is 12.1. The number of carbonyl (C=O) groups excluding carboxylic acids is 1. The van der Waals surface area contributed by atoms with Crippen LogP contribution < -0.4 is 19.5 Å². The van der Waals surface area contributed by atoms with Crippen LogP contribution in [0.15, 0.2) is 48.7 Å². The smallest absolute Gasteiger partial charge is 0.272 e. The molecule has 2 heterocycles. The van der Waals surface area contributed by atoms with Crippen LogP contribution >= 0.6 is 11.6 Å². The van der Waals surface area contributed by atoms with Gasteiger partial charge in [0.1, 0.15) is 11.4 Å². The van der Waals surface area contributed by atoms with E-state index in [1.807, 2.05) is 31.2 Å². The van der Waals surface area contributed by atoms with Gasteiger partial charge in [0.05, 0.1) is 0 Å². The molecule has 8 heteroatoms. The highest BCUT2D eigenvalue weighted by molar-refractivity contribution is 6.31. The van der Waals surface area contributed by atoms with Crippen LogP contribution in [-0.4, -0.2) is 22.5 Å². The van der Waals surface area contributed by atoms with E-state index >= 15 is 0 Å². The van der Waals surface area contributed by atoms with Gasteiger partial charge in [-0.1, -0.05) is 17.7 Å². The molecule has 1 N–H and O–H groups in total. The van der Waals surface area contributed by atoms with Crippen LogP contribution in [0.1, 0.15) is 21.6 Å². The molecule has 1 aromatic heterocycles. The molecule has 3 aromatic rings. The molecule has 2 aromatic carbocycles.